The lowest BCUT2D eigenvalue weighted by Gasteiger charge is -2.33. The molecule has 1 aliphatic carbocycles. The van der Waals surface area contributed by atoms with Gasteiger partial charge in [0.2, 0.25) is 10.0 Å². The van der Waals surface area contributed by atoms with Gasteiger partial charge < -0.3 is 10.2 Å². The Hall–Kier alpha value is -0.820. The highest BCUT2D eigenvalue weighted by atomic mass is 35.5. The van der Waals surface area contributed by atoms with Crippen LogP contribution < -0.4 is 14.9 Å². The lowest BCUT2D eigenvalue weighted by molar-refractivity contribution is 0.293. The molecule has 0 spiro atoms. The Morgan fingerprint density at radius 2 is 1.96 bits per heavy atom. The van der Waals surface area contributed by atoms with Crippen LogP contribution in [0.25, 0.3) is 0 Å². The van der Waals surface area contributed by atoms with E-state index in [1.54, 1.807) is 13.8 Å². The standard InChI is InChI=1S/C21H34ClN3O2S/c1-16(2)28(26,27)24-15-17-5-8-20(9-6-17)23-11-13-25-12-3-4-18-14-19(22)7-10-21(18)25/h7,10,14,16-17,20,23-24H,3-6,8-9,11-13,15H2,1-2H3. The van der Waals surface area contributed by atoms with Gasteiger partial charge in [-0.15, -0.1) is 0 Å². The molecular weight excluding hydrogens is 394 g/mol. The van der Waals surface area contributed by atoms with Crippen LogP contribution >= 0.6 is 11.6 Å². The highest BCUT2D eigenvalue weighted by Gasteiger charge is 2.24. The van der Waals surface area contributed by atoms with E-state index in [0.29, 0.717) is 18.5 Å². The molecule has 1 heterocycles. The van der Waals surface area contributed by atoms with E-state index in [1.165, 1.54) is 17.7 Å². The van der Waals surface area contributed by atoms with Crippen molar-refractivity contribution in [3.8, 4) is 0 Å². The van der Waals surface area contributed by atoms with Gasteiger partial charge in [0.1, 0.15) is 0 Å². The summed E-state index contributed by atoms with van der Waals surface area (Å²) >= 11 is 6.14. The third-order valence-corrected chi connectivity index (χ3v) is 8.16. The summed E-state index contributed by atoms with van der Waals surface area (Å²) in [5.74, 6) is 0.463. The first-order chi connectivity index (χ1) is 13.3. The largest absolute Gasteiger partial charge is 0.370 e. The normalized spacial score (nSPS) is 23.1. The molecule has 0 saturated heterocycles. The van der Waals surface area contributed by atoms with Crippen molar-refractivity contribution in [2.24, 2.45) is 5.92 Å². The molecule has 0 aromatic heterocycles. The first-order valence-electron chi connectivity index (χ1n) is 10.6. The van der Waals surface area contributed by atoms with E-state index >= 15 is 0 Å². The lowest BCUT2D eigenvalue weighted by atomic mass is 9.86. The minimum atomic E-state index is -3.14. The fourth-order valence-electron chi connectivity index (χ4n) is 4.25. The van der Waals surface area contributed by atoms with Gasteiger partial charge in [-0.1, -0.05) is 11.6 Å². The summed E-state index contributed by atoms with van der Waals surface area (Å²) in [5, 5.41) is 4.18. The van der Waals surface area contributed by atoms with Crippen LogP contribution in [-0.2, 0) is 16.4 Å². The second-order valence-corrected chi connectivity index (χ2v) is 11.2. The van der Waals surface area contributed by atoms with E-state index in [-0.39, 0.29) is 5.25 Å². The van der Waals surface area contributed by atoms with Gasteiger partial charge in [0.05, 0.1) is 5.25 Å². The summed E-state index contributed by atoms with van der Waals surface area (Å²) in [7, 11) is -3.14. The fraction of sp³-hybridized carbons (Fsp3) is 0.714. The van der Waals surface area contributed by atoms with Gasteiger partial charge in [-0.3, -0.25) is 0 Å². The molecule has 28 heavy (non-hydrogen) atoms. The molecule has 0 amide bonds. The molecule has 5 nitrogen and oxygen atoms in total. The third kappa shape index (κ3) is 5.85. The lowest BCUT2D eigenvalue weighted by Crippen LogP contribution is -2.42. The maximum Gasteiger partial charge on any atom is 0.213 e. The van der Waals surface area contributed by atoms with Gasteiger partial charge in [-0.05, 0) is 82.1 Å². The third-order valence-electron chi connectivity index (χ3n) is 6.11. The fourth-order valence-corrected chi connectivity index (χ4v) is 5.25. The molecule has 158 valence electrons. The van der Waals surface area contributed by atoms with Crippen molar-refractivity contribution in [3.05, 3.63) is 28.8 Å². The van der Waals surface area contributed by atoms with Gasteiger partial charge in [-0.2, -0.15) is 0 Å². The van der Waals surface area contributed by atoms with Gasteiger partial charge in [-0.25, -0.2) is 13.1 Å². The van der Waals surface area contributed by atoms with Crippen LogP contribution in [0.5, 0.6) is 0 Å². The van der Waals surface area contributed by atoms with Crippen LogP contribution in [0.15, 0.2) is 18.2 Å². The second kappa shape index (κ2) is 9.79. The van der Waals surface area contributed by atoms with Crippen LogP contribution in [0.2, 0.25) is 5.02 Å². The predicted octanol–water partition coefficient (Wildman–Crippen LogP) is 3.57. The molecule has 1 saturated carbocycles. The average molecular weight is 428 g/mol. The summed E-state index contributed by atoms with van der Waals surface area (Å²) in [6.07, 6.45) is 6.72. The Labute approximate surface area is 175 Å². The van der Waals surface area contributed by atoms with Gasteiger partial charge >= 0.3 is 0 Å². The Morgan fingerprint density at radius 3 is 2.68 bits per heavy atom. The number of hydrogen-bond acceptors (Lipinski definition) is 4. The molecule has 7 heteroatoms. The molecule has 0 radical (unpaired) electrons. The number of nitrogens with zero attached hydrogens (tertiary/aromatic N) is 1. The van der Waals surface area contributed by atoms with Crippen molar-refractivity contribution in [2.75, 3.05) is 31.1 Å². The summed E-state index contributed by atoms with van der Waals surface area (Å²) in [4.78, 5) is 2.47. The first-order valence-corrected chi connectivity index (χ1v) is 12.5. The van der Waals surface area contributed by atoms with E-state index < -0.39 is 10.0 Å². The maximum atomic E-state index is 11.9. The Morgan fingerprint density at radius 1 is 1.21 bits per heavy atom. The number of nitrogens with one attached hydrogen (secondary N) is 2. The van der Waals surface area contributed by atoms with Crippen molar-refractivity contribution >= 4 is 27.3 Å². The number of rotatable bonds is 8. The number of anilines is 1. The summed E-state index contributed by atoms with van der Waals surface area (Å²) in [6, 6.07) is 6.79. The zero-order chi connectivity index (χ0) is 20.1. The van der Waals surface area contributed by atoms with Crippen LogP contribution in [-0.4, -0.2) is 45.9 Å². The topological polar surface area (TPSA) is 61.4 Å². The molecule has 0 bridgehead atoms. The van der Waals surface area contributed by atoms with Gasteiger partial charge in [0, 0.05) is 42.9 Å². The molecule has 1 aromatic rings. The molecule has 3 rings (SSSR count). The highest BCUT2D eigenvalue weighted by Crippen LogP contribution is 2.29. The zero-order valence-electron chi connectivity index (χ0n) is 17.1. The first kappa shape index (κ1) is 21.9. The van der Waals surface area contributed by atoms with Crippen molar-refractivity contribution in [1.82, 2.24) is 10.0 Å². The van der Waals surface area contributed by atoms with Gasteiger partial charge in [0.25, 0.3) is 0 Å². The zero-order valence-corrected chi connectivity index (χ0v) is 18.7. The Bertz CT molecular complexity index is 746. The van der Waals surface area contributed by atoms with E-state index in [4.69, 9.17) is 11.6 Å². The second-order valence-electron chi connectivity index (χ2n) is 8.48. The Kier molecular flexibility index (Phi) is 7.65. The van der Waals surface area contributed by atoms with Crippen molar-refractivity contribution in [2.45, 2.75) is 63.7 Å². The maximum absolute atomic E-state index is 11.9. The smallest absolute Gasteiger partial charge is 0.213 e. The van der Waals surface area contributed by atoms with E-state index in [9.17, 15) is 8.42 Å². The van der Waals surface area contributed by atoms with E-state index in [0.717, 1.165) is 56.8 Å². The summed E-state index contributed by atoms with van der Waals surface area (Å²) < 4.78 is 26.6. The molecule has 2 aliphatic rings. The summed E-state index contributed by atoms with van der Waals surface area (Å²) in [6.45, 7) is 7.14. The number of fused-ring (bicyclic) bond motifs is 1. The van der Waals surface area contributed by atoms with E-state index in [1.807, 2.05) is 6.07 Å². The molecular formula is C21H34ClN3O2S. The van der Waals surface area contributed by atoms with Crippen molar-refractivity contribution in [3.63, 3.8) is 0 Å². The van der Waals surface area contributed by atoms with Crippen LogP contribution in [0.1, 0.15) is 51.5 Å². The number of halogens is 1. The number of sulfonamides is 1. The monoisotopic (exact) mass is 427 g/mol. The predicted molar refractivity (Wildman–Crippen MR) is 118 cm³/mol. The quantitative estimate of drug-likeness (QED) is 0.665. The number of aryl methyl sites for hydroxylation is 1. The molecule has 0 unspecified atom stereocenters. The highest BCUT2D eigenvalue weighted by molar-refractivity contribution is 7.90. The van der Waals surface area contributed by atoms with Crippen LogP contribution in [0.4, 0.5) is 5.69 Å². The number of hydrogen-bond donors (Lipinski definition) is 2. The number of benzene rings is 1. The average Bonchev–Trinajstić information content (AvgIpc) is 2.67. The van der Waals surface area contributed by atoms with Crippen molar-refractivity contribution in [1.29, 1.82) is 0 Å². The molecule has 1 fully saturated rings. The van der Waals surface area contributed by atoms with Crippen molar-refractivity contribution < 1.29 is 8.42 Å². The Balaban J connectivity index is 1.38. The molecule has 1 aliphatic heterocycles. The SMILES string of the molecule is CC(C)S(=O)(=O)NCC1CCC(NCCN2CCCc3cc(Cl)ccc32)CC1. The van der Waals surface area contributed by atoms with Crippen LogP contribution in [0, 0.1) is 5.92 Å². The van der Waals surface area contributed by atoms with Gasteiger partial charge in [0.15, 0.2) is 0 Å². The van der Waals surface area contributed by atoms with E-state index in [2.05, 4.69) is 27.1 Å². The summed E-state index contributed by atoms with van der Waals surface area (Å²) in [5.41, 5.74) is 2.70. The minimum Gasteiger partial charge on any atom is -0.370 e. The van der Waals surface area contributed by atoms with Crippen LogP contribution in [0.3, 0.4) is 0 Å². The molecule has 0 atom stereocenters. The minimum absolute atomic E-state index is 0.360. The molecule has 1 aromatic carbocycles. The molecule has 2 N–H and O–H groups in total.